The van der Waals surface area contributed by atoms with Crippen molar-refractivity contribution in [1.82, 2.24) is 0 Å². The summed E-state index contributed by atoms with van der Waals surface area (Å²) < 4.78 is 0. The molecule has 0 aliphatic heterocycles. The van der Waals surface area contributed by atoms with Gasteiger partial charge in [0.25, 0.3) is 0 Å². The predicted octanol–water partition coefficient (Wildman–Crippen LogP) is 0.170. The van der Waals surface area contributed by atoms with Crippen molar-refractivity contribution in [2.24, 2.45) is 5.92 Å². The molecule has 3 nitrogen and oxygen atoms in total. The first kappa shape index (κ1) is 29.8. The molecule has 0 aromatic heterocycles. The molecule has 0 fully saturated rings. The maximum Gasteiger partial charge on any atom is 0 e. The molecule has 72 valence electrons. The molecule has 0 aliphatic rings. The summed E-state index contributed by atoms with van der Waals surface area (Å²) in [6.07, 6.45) is 3.72. The molecule has 0 aromatic carbocycles. The first-order valence-corrected chi connectivity index (χ1v) is 3.06. The normalized spacial score (nSPS) is 6.55. The number of rotatable bonds is 3. The van der Waals surface area contributed by atoms with Crippen molar-refractivity contribution >= 4 is 0 Å². The number of hydrogen-bond acceptors (Lipinski definition) is 0. The molecule has 6 N–H and O–H groups in total. The quantitative estimate of drug-likeness (QED) is 0.521. The van der Waals surface area contributed by atoms with Gasteiger partial charge in [0.05, 0.1) is 0 Å². The Morgan fingerprint density at radius 1 is 1.09 bits per heavy atom. The van der Waals surface area contributed by atoms with Crippen LogP contribution in [0, 0.1) is 12.8 Å². The van der Waals surface area contributed by atoms with Crippen LogP contribution in [0.4, 0.5) is 0 Å². The smallest absolute Gasteiger partial charge is 0 e. The second-order valence-corrected chi connectivity index (χ2v) is 2.39. The second-order valence-electron chi connectivity index (χ2n) is 2.39. The molecule has 0 radical (unpaired) electrons. The Balaban J connectivity index is -0.0000000300. The van der Waals surface area contributed by atoms with Gasteiger partial charge < -0.3 is 23.4 Å². The zero-order chi connectivity index (χ0) is 5.70. The van der Waals surface area contributed by atoms with E-state index in [1.54, 1.807) is 0 Å². The van der Waals surface area contributed by atoms with E-state index in [2.05, 4.69) is 20.8 Å². The average molecular weight is 332 g/mol. The Labute approximate surface area is 88.3 Å². The van der Waals surface area contributed by atoms with E-state index in [4.69, 9.17) is 0 Å². The zero-order valence-corrected chi connectivity index (χ0v) is 11.0. The molecule has 0 bridgehead atoms. The Kier molecular flexibility index (Phi) is 60.8. The van der Waals surface area contributed by atoms with Crippen molar-refractivity contribution in [2.75, 3.05) is 0 Å². The molecule has 0 aromatic rings. The fourth-order valence-electron chi connectivity index (χ4n) is 0.553. The van der Waals surface area contributed by atoms with Crippen molar-refractivity contribution in [3.05, 3.63) is 6.92 Å². The van der Waals surface area contributed by atoms with Crippen LogP contribution < -0.4 is 0 Å². The molecular formula is C7H21HfO3-. The fraction of sp³-hybridized carbons (Fsp3) is 0.857. The van der Waals surface area contributed by atoms with Crippen LogP contribution in [-0.2, 0) is 25.8 Å². The van der Waals surface area contributed by atoms with Gasteiger partial charge in [-0.15, -0.1) is 0 Å². The second kappa shape index (κ2) is 22.4. The van der Waals surface area contributed by atoms with E-state index in [0.717, 1.165) is 12.3 Å². The summed E-state index contributed by atoms with van der Waals surface area (Å²) >= 11 is 0. The summed E-state index contributed by atoms with van der Waals surface area (Å²) in [5, 5.41) is 0. The Bertz CT molecular complexity index is 42.7. The van der Waals surface area contributed by atoms with Crippen LogP contribution in [0.1, 0.15) is 33.1 Å². The topological polar surface area (TPSA) is 94.5 Å². The molecule has 0 saturated heterocycles. The van der Waals surface area contributed by atoms with Gasteiger partial charge in [0.1, 0.15) is 0 Å². The summed E-state index contributed by atoms with van der Waals surface area (Å²) in [6.45, 7) is 8.25. The van der Waals surface area contributed by atoms with Crippen LogP contribution in [0.5, 0.6) is 0 Å². The van der Waals surface area contributed by atoms with Crippen LogP contribution in [0.2, 0.25) is 0 Å². The van der Waals surface area contributed by atoms with E-state index in [0.29, 0.717) is 0 Å². The van der Waals surface area contributed by atoms with Gasteiger partial charge in [-0.25, -0.2) is 0 Å². The third-order valence-electron chi connectivity index (χ3n) is 1.03. The van der Waals surface area contributed by atoms with Crippen molar-refractivity contribution in [3.8, 4) is 0 Å². The SMILES string of the molecule is O.O.O.[CH2-]CCCC(C)C.[Hf]. The first-order valence-electron chi connectivity index (χ1n) is 3.06. The minimum Gasteiger partial charge on any atom is -0.412 e. The van der Waals surface area contributed by atoms with Crippen LogP contribution in [0.25, 0.3) is 0 Å². The van der Waals surface area contributed by atoms with Crippen molar-refractivity contribution in [3.63, 3.8) is 0 Å². The maximum absolute atomic E-state index is 3.76. The third kappa shape index (κ3) is 36.5. The standard InChI is InChI=1S/C7H15.Hf.3H2O/c1-4-5-6-7(2)3;;;;/h7H,1,4-6H2,2-3H3;;3*1H2/q-1;;;;. The molecule has 0 unspecified atom stereocenters. The molecule has 0 amide bonds. The molecular weight excluding hydrogens is 311 g/mol. The van der Waals surface area contributed by atoms with Crippen molar-refractivity contribution in [2.45, 2.75) is 33.1 Å². The van der Waals surface area contributed by atoms with Gasteiger partial charge in [-0.3, -0.25) is 0 Å². The molecule has 11 heavy (non-hydrogen) atoms. The van der Waals surface area contributed by atoms with Gasteiger partial charge in [0.2, 0.25) is 0 Å². The van der Waals surface area contributed by atoms with Gasteiger partial charge >= 0.3 is 0 Å². The van der Waals surface area contributed by atoms with E-state index in [1.165, 1.54) is 12.8 Å². The summed E-state index contributed by atoms with van der Waals surface area (Å²) in [4.78, 5) is 0. The van der Waals surface area contributed by atoms with E-state index in [1.807, 2.05) is 0 Å². The fourth-order valence-corrected chi connectivity index (χ4v) is 0.553. The maximum atomic E-state index is 3.76. The van der Waals surface area contributed by atoms with Gasteiger partial charge in [0, 0.05) is 25.8 Å². The summed E-state index contributed by atoms with van der Waals surface area (Å²) in [5.41, 5.74) is 0. The monoisotopic (exact) mass is 333 g/mol. The average Bonchev–Trinajstić information content (AvgIpc) is 1.61. The van der Waals surface area contributed by atoms with Gasteiger partial charge in [-0.05, 0) is 5.92 Å². The molecule has 0 atom stereocenters. The van der Waals surface area contributed by atoms with Crippen LogP contribution in [0.3, 0.4) is 0 Å². The molecule has 0 spiro atoms. The van der Waals surface area contributed by atoms with Crippen LogP contribution >= 0.6 is 0 Å². The van der Waals surface area contributed by atoms with E-state index >= 15 is 0 Å². The predicted molar refractivity (Wildman–Crippen MR) is 44.9 cm³/mol. The minimum absolute atomic E-state index is 0. The molecule has 0 aliphatic carbocycles. The number of hydrogen-bond donors (Lipinski definition) is 0. The van der Waals surface area contributed by atoms with Gasteiger partial charge in [-0.2, -0.15) is 6.42 Å². The Morgan fingerprint density at radius 3 is 1.55 bits per heavy atom. The van der Waals surface area contributed by atoms with Crippen LogP contribution in [0.15, 0.2) is 0 Å². The van der Waals surface area contributed by atoms with Gasteiger partial charge in [0.15, 0.2) is 0 Å². The van der Waals surface area contributed by atoms with Crippen molar-refractivity contribution in [1.29, 1.82) is 0 Å². The zero-order valence-electron chi connectivity index (χ0n) is 7.41. The van der Waals surface area contributed by atoms with Gasteiger partial charge in [-0.1, -0.05) is 26.7 Å². The largest absolute Gasteiger partial charge is 0.412 e. The summed E-state index contributed by atoms with van der Waals surface area (Å²) in [7, 11) is 0. The number of unbranched alkanes of at least 4 members (excludes halogenated alkanes) is 1. The molecule has 4 heteroatoms. The summed E-state index contributed by atoms with van der Waals surface area (Å²) in [5.74, 6) is 0.863. The molecule has 0 heterocycles. The third-order valence-corrected chi connectivity index (χ3v) is 1.03. The Hall–Kier alpha value is 0.750. The molecule has 0 rings (SSSR count). The van der Waals surface area contributed by atoms with E-state index in [-0.39, 0.29) is 42.3 Å². The van der Waals surface area contributed by atoms with Crippen molar-refractivity contribution < 1.29 is 42.3 Å². The summed E-state index contributed by atoms with van der Waals surface area (Å²) in [6, 6.07) is 0. The Morgan fingerprint density at radius 2 is 1.45 bits per heavy atom. The van der Waals surface area contributed by atoms with E-state index < -0.39 is 0 Å². The molecule has 0 saturated carbocycles. The van der Waals surface area contributed by atoms with Crippen LogP contribution in [-0.4, -0.2) is 16.4 Å². The first-order chi connectivity index (χ1) is 3.27. The minimum atomic E-state index is 0. The van der Waals surface area contributed by atoms with E-state index in [9.17, 15) is 0 Å².